The Morgan fingerprint density at radius 2 is 2.09 bits per heavy atom. The van der Waals surface area contributed by atoms with E-state index in [1.165, 1.54) is 32.5 Å². The van der Waals surface area contributed by atoms with E-state index < -0.39 is 0 Å². The molecule has 1 saturated heterocycles. The topological polar surface area (TPSA) is 70.4 Å². The van der Waals surface area contributed by atoms with E-state index in [9.17, 15) is 0 Å². The minimum atomic E-state index is 0. The number of hydrogen-bond acceptors (Lipinski definition) is 4. The molecule has 0 unspecified atom stereocenters. The summed E-state index contributed by atoms with van der Waals surface area (Å²) in [5.74, 6) is 2.61. The Hall–Kier alpha value is -0.900. The summed E-state index contributed by atoms with van der Waals surface area (Å²) in [6.45, 7) is 7.58. The van der Waals surface area contributed by atoms with Gasteiger partial charge < -0.3 is 15.5 Å². The molecular formula is C15H30IN7. The van der Waals surface area contributed by atoms with Crippen LogP contribution in [0.5, 0.6) is 0 Å². The molecule has 0 spiro atoms. The molecule has 1 aliphatic heterocycles. The van der Waals surface area contributed by atoms with Crippen molar-refractivity contribution in [3.05, 3.63) is 12.2 Å². The molecule has 1 fully saturated rings. The fourth-order valence-electron chi connectivity index (χ4n) is 2.66. The van der Waals surface area contributed by atoms with Crippen LogP contribution in [-0.2, 0) is 13.6 Å². The third-order valence-electron chi connectivity index (χ3n) is 4.26. The molecule has 0 saturated carbocycles. The maximum Gasteiger partial charge on any atom is 0.191 e. The van der Waals surface area contributed by atoms with Gasteiger partial charge in [-0.2, -0.15) is 5.10 Å². The van der Waals surface area contributed by atoms with Crippen LogP contribution < -0.4 is 10.6 Å². The highest BCUT2D eigenvalue weighted by Crippen LogP contribution is 2.15. The number of piperidine rings is 1. The lowest BCUT2D eigenvalue weighted by Gasteiger charge is -2.30. The number of aryl methyl sites for hydroxylation is 1. The summed E-state index contributed by atoms with van der Waals surface area (Å²) in [6, 6.07) is 0. The second-order valence-corrected chi connectivity index (χ2v) is 6.03. The molecule has 0 aliphatic carbocycles. The van der Waals surface area contributed by atoms with Crippen molar-refractivity contribution in [2.24, 2.45) is 18.0 Å². The molecule has 23 heavy (non-hydrogen) atoms. The average molecular weight is 435 g/mol. The highest BCUT2D eigenvalue weighted by atomic mass is 127. The average Bonchev–Trinajstić information content (AvgIpc) is 2.93. The SMILES string of the molecule is CN=C(NCCCN1CCC(C)CC1)NCc1ncnn1C.I. The Kier molecular flexibility index (Phi) is 9.46. The lowest BCUT2D eigenvalue weighted by molar-refractivity contribution is 0.191. The van der Waals surface area contributed by atoms with Gasteiger partial charge in [0.2, 0.25) is 0 Å². The zero-order chi connectivity index (χ0) is 15.8. The maximum atomic E-state index is 4.23. The molecule has 132 valence electrons. The van der Waals surface area contributed by atoms with Gasteiger partial charge in [0.05, 0.1) is 6.54 Å². The van der Waals surface area contributed by atoms with E-state index >= 15 is 0 Å². The van der Waals surface area contributed by atoms with Crippen LogP contribution in [-0.4, -0.2) is 58.9 Å². The first-order chi connectivity index (χ1) is 10.7. The number of halogens is 1. The maximum absolute atomic E-state index is 4.23. The summed E-state index contributed by atoms with van der Waals surface area (Å²) in [7, 11) is 3.68. The fourth-order valence-corrected chi connectivity index (χ4v) is 2.66. The van der Waals surface area contributed by atoms with Crippen molar-refractivity contribution in [3.8, 4) is 0 Å². The molecule has 2 N–H and O–H groups in total. The second kappa shape index (κ2) is 10.8. The minimum absolute atomic E-state index is 0. The Labute approximate surface area is 156 Å². The molecule has 2 heterocycles. The molecular weight excluding hydrogens is 405 g/mol. The van der Waals surface area contributed by atoms with Crippen molar-refractivity contribution in [1.29, 1.82) is 0 Å². The van der Waals surface area contributed by atoms with Crippen molar-refractivity contribution in [3.63, 3.8) is 0 Å². The number of rotatable bonds is 6. The van der Waals surface area contributed by atoms with E-state index in [-0.39, 0.29) is 24.0 Å². The summed E-state index contributed by atoms with van der Waals surface area (Å²) < 4.78 is 1.76. The molecule has 1 aromatic rings. The number of likely N-dealkylation sites (tertiary alicyclic amines) is 1. The van der Waals surface area contributed by atoms with Gasteiger partial charge in [-0.1, -0.05) is 6.92 Å². The van der Waals surface area contributed by atoms with Crippen LogP contribution in [0, 0.1) is 5.92 Å². The van der Waals surface area contributed by atoms with Crippen molar-refractivity contribution < 1.29 is 0 Å². The van der Waals surface area contributed by atoms with E-state index in [0.29, 0.717) is 6.54 Å². The summed E-state index contributed by atoms with van der Waals surface area (Å²) in [5, 5.41) is 10.7. The molecule has 1 aliphatic rings. The molecule has 1 aromatic heterocycles. The van der Waals surface area contributed by atoms with Gasteiger partial charge in [-0.25, -0.2) is 4.98 Å². The van der Waals surface area contributed by atoms with E-state index in [4.69, 9.17) is 0 Å². The Bertz CT molecular complexity index is 466. The number of aliphatic imine (C=N–C) groups is 1. The van der Waals surface area contributed by atoms with Gasteiger partial charge in [-0.05, 0) is 44.8 Å². The Morgan fingerprint density at radius 1 is 1.35 bits per heavy atom. The van der Waals surface area contributed by atoms with Crippen molar-refractivity contribution in [2.75, 3.05) is 33.2 Å². The van der Waals surface area contributed by atoms with Gasteiger partial charge in [0.25, 0.3) is 0 Å². The zero-order valence-corrected chi connectivity index (χ0v) is 16.8. The number of nitrogens with one attached hydrogen (secondary N) is 2. The largest absolute Gasteiger partial charge is 0.356 e. The number of aromatic nitrogens is 3. The lowest BCUT2D eigenvalue weighted by Crippen LogP contribution is -2.39. The van der Waals surface area contributed by atoms with Gasteiger partial charge in [-0.15, -0.1) is 24.0 Å². The summed E-state index contributed by atoms with van der Waals surface area (Å²) in [4.78, 5) is 11.0. The predicted octanol–water partition coefficient (Wildman–Crippen LogP) is 1.22. The molecule has 0 atom stereocenters. The molecule has 0 bridgehead atoms. The fraction of sp³-hybridized carbons (Fsp3) is 0.800. The first-order valence-electron chi connectivity index (χ1n) is 8.18. The van der Waals surface area contributed by atoms with Gasteiger partial charge in [0, 0.05) is 20.6 Å². The van der Waals surface area contributed by atoms with Crippen LogP contribution in [0.25, 0.3) is 0 Å². The Morgan fingerprint density at radius 3 is 2.70 bits per heavy atom. The van der Waals surface area contributed by atoms with Crippen LogP contribution in [0.2, 0.25) is 0 Å². The highest BCUT2D eigenvalue weighted by Gasteiger charge is 2.14. The monoisotopic (exact) mass is 435 g/mol. The third-order valence-corrected chi connectivity index (χ3v) is 4.26. The van der Waals surface area contributed by atoms with E-state index in [1.807, 2.05) is 7.05 Å². The second-order valence-electron chi connectivity index (χ2n) is 6.03. The minimum Gasteiger partial charge on any atom is -0.356 e. The molecule has 8 heteroatoms. The summed E-state index contributed by atoms with van der Waals surface area (Å²) in [6.07, 6.45) is 5.38. The normalized spacial score (nSPS) is 16.9. The van der Waals surface area contributed by atoms with Crippen LogP contribution in [0.3, 0.4) is 0 Å². The van der Waals surface area contributed by atoms with Crippen LogP contribution in [0.4, 0.5) is 0 Å². The van der Waals surface area contributed by atoms with Gasteiger partial charge in [-0.3, -0.25) is 9.67 Å². The Balaban J connectivity index is 0.00000264. The van der Waals surface area contributed by atoms with Crippen molar-refractivity contribution in [1.82, 2.24) is 30.3 Å². The van der Waals surface area contributed by atoms with E-state index in [1.54, 1.807) is 18.1 Å². The smallest absolute Gasteiger partial charge is 0.191 e. The highest BCUT2D eigenvalue weighted by molar-refractivity contribution is 14.0. The van der Waals surface area contributed by atoms with Crippen LogP contribution in [0.1, 0.15) is 32.0 Å². The first-order valence-corrected chi connectivity index (χ1v) is 8.18. The molecule has 7 nitrogen and oxygen atoms in total. The predicted molar refractivity (Wildman–Crippen MR) is 104 cm³/mol. The number of nitrogens with zero attached hydrogens (tertiary/aromatic N) is 5. The third kappa shape index (κ3) is 7.03. The molecule has 2 rings (SSSR count). The number of guanidine groups is 1. The number of hydrogen-bond donors (Lipinski definition) is 2. The summed E-state index contributed by atoms with van der Waals surface area (Å²) >= 11 is 0. The van der Waals surface area contributed by atoms with Crippen molar-refractivity contribution in [2.45, 2.75) is 32.7 Å². The van der Waals surface area contributed by atoms with Crippen molar-refractivity contribution >= 4 is 29.9 Å². The van der Waals surface area contributed by atoms with E-state index in [2.05, 4.69) is 37.5 Å². The molecule has 0 amide bonds. The standard InChI is InChI=1S/C15H29N7.HI/c1-13-5-9-22(10-6-13)8-4-7-17-15(16-2)18-11-14-19-12-20-21(14)3;/h12-13H,4-11H2,1-3H3,(H2,16,17,18);1H. The first kappa shape index (κ1) is 20.1. The zero-order valence-electron chi connectivity index (χ0n) is 14.5. The summed E-state index contributed by atoms with van der Waals surface area (Å²) in [5.41, 5.74) is 0. The van der Waals surface area contributed by atoms with E-state index in [0.717, 1.165) is 30.7 Å². The molecule has 0 aromatic carbocycles. The van der Waals surface area contributed by atoms with Crippen LogP contribution >= 0.6 is 24.0 Å². The molecule has 0 radical (unpaired) electrons. The van der Waals surface area contributed by atoms with Gasteiger partial charge in [0.1, 0.15) is 12.2 Å². The lowest BCUT2D eigenvalue weighted by atomic mass is 9.99. The quantitative estimate of drug-likeness (QED) is 0.305. The van der Waals surface area contributed by atoms with Crippen LogP contribution in [0.15, 0.2) is 11.3 Å². The van der Waals surface area contributed by atoms with Gasteiger partial charge in [0.15, 0.2) is 5.96 Å². The van der Waals surface area contributed by atoms with Gasteiger partial charge >= 0.3 is 0 Å².